The lowest BCUT2D eigenvalue weighted by Gasteiger charge is -2.21. The average molecular weight is 242 g/mol. The molecule has 0 bridgehead atoms. The molecule has 0 aromatic heterocycles. The molecular formula is C13H22O4. The lowest BCUT2D eigenvalue weighted by atomic mass is 10.2. The third-order valence-corrected chi connectivity index (χ3v) is 2.19. The van der Waals surface area contributed by atoms with Crippen LogP contribution in [0.5, 0.6) is 0 Å². The van der Waals surface area contributed by atoms with E-state index < -0.39 is 12.2 Å². The van der Waals surface area contributed by atoms with E-state index in [1.807, 2.05) is 13.8 Å². The Morgan fingerprint density at radius 1 is 1.12 bits per heavy atom. The Morgan fingerprint density at radius 3 is 2.00 bits per heavy atom. The summed E-state index contributed by atoms with van der Waals surface area (Å²) in [4.78, 5) is 22.6. The van der Waals surface area contributed by atoms with Crippen molar-refractivity contribution in [3.05, 3.63) is 12.7 Å². The van der Waals surface area contributed by atoms with Crippen LogP contribution in [0, 0.1) is 0 Å². The van der Waals surface area contributed by atoms with Gasteiger partial charge in [-0.1, -0.05) is 20.4 Å². The highest BCUT2D eigenvalue weighted by Gasteiger charge is 2.21. The van der Waals surface area contributed by atoms with Crippen molar-refractivity contribution in [3.8, 4) is 0 Å². The molecule has 0 N–H and O–H groups in total. The van der Waals surface area contributed by atoms with Gasteiger partial charge in [0.05, 0.1) is 0 Å². The summed E-state index contributed by atoms with van der Waals surface area (Å²) in [6.07, 6.45) is 2.61. The summed E-state index contributed by atoms with van der Waals surface area (Å²) < 4.78 is 10.3. The van der Waals surface area contributed by atoms with E-state index in [9.17, 15) is 9.59 Å². The largest absolute Gasteiger partial charge is 0.458 e. The second-order valence-electron chi connectivity index (χ2n) is 3.89. The molecule has 0 aliphatic rings. The number of rotatable bonds is 8. The van der Waals surface area contributed by atoms with Gasteiger partial charge in [0.25, 0.3) is 0 Å². The summed E-state index contributed by atoms with van der Waals surface area (Å²) in [5.41, 5.74) is 0. The fourth-order valence-electron chi connectivity index (χ4n) is 1.29. The van der Waals surface area contributed by atoms with Crippen molar-refractivity contribution in [2.24, 2.45) is 0 Å². The predicted octanol–water partition coefficient (Wildman–Crippen LogP) is 2.62. The lowest BCUT2D eigenvalue weighted by Crippen LogP contribution is -2.31. The van der Waals surface area contributed by atoms with Gasteiger partial charge in [-0.25, -0.2) is 0 Å². The first-order valence-electron chi connectivity index (χ1n) is 6.06. The number of hydrogen-bond acceptors (Lipinski definition) is 4. The molecule has 0 spiro atoms. The van der Waals surface area contributed by atoms with Gasteiger partial charge in [-0.2, -0.15) is 0 Å². The van der Waals surface area contributed by atoms with Gasteiger partial charge < -0.3 is 9.47 Å². The zero-order valence-corrected chi connectivity index (χ0v) is 10.9. The Hall–Kier alpha value is -1.32. The van der Waals surface area contributed by atoms with Gasteiger partial charge >= 0.3 is 11.9 Å². The van der Waals surface area contributed by atoms with Crippen molar-refractivity contribution in [1.29, 1.82) is 0 Å². The molecule has 4 nitrogen and oxygen atoms in total. The molecule has 98 valence electrons. The second-order valence-corrected chi connectivity index (χ2v) is 3.89. The van der Waals surface area contributed by atoms with E-state index in [-0.39, 0.29) is 11.9 Å². The van der Waals surface area contributed by atoms with Crippen LogP contribution in [-0.2, 0) is 19.1 Å². The molecule has 0 heterocycles. The Bertz CT molecular complexity index is 260. The van der Waals surface area contributed by atoms with Gasteiger partial charge in [0.15, 0.2) is 6.10 Å². The summed E-state index contributed by atoms with van der Waals surface area (Å²) in [7, 11) is 0. The normalized spacial score (nSPS) is 13.6. The molecule has 0 saturated heterocycles. The van der Waals surface area contributed by atoms with Crippen LogP contribution in [0.2, 0.25) is 0 Å². The molecule has 4 heteroatoms. The van der Waals surface area contributed by atoms with Gasteiger partial charge in [0.2, 0.25) is 0 Å². The third kappa shape index (κ3) is 6.76. The van der Waals surface area contributed by atoms with Crippen LogP contribution >= 0.6 is 0 Å². The van der Waals surface area contributed by atoms with E-state index in [2.05, 4.69) is 6.58 Å². The molecule has 0 aromatic rings. The first kappa shape index (κ1) is 15.7. The van der Waals surface area contributed by atoms with Gasteiger partial charge in [-0.05, 0) is 25.8 Å². The highest BCUT2D eigenvalue weighted by Crippen LogP contribution is 2.09. The van der Waals surface area contributed by atoms with Crippen LogP contribution in [0.25, 0.3) is 0 Å². The molecule has 0 fully saturated rings. The lowest BCUT2D eigenvalue weighted by molar-refractivity contribution is -0.163. The van der Waals surface area contributed by atoms with Crippen LogP contribution in [0.1, 0.15) is 46.5 Å². The predicted molar refractivity (Wildman–Crippen MR) is 65.4 cm³/mol. The first-order valence-corrected chi connectivity index (χ1v) is 6.06. The Kier molecular flexibility index (Phi) is 8.11. The van der Waals surface area contributed by atoms with Gasteiger partial charge in [-0.15, -0.1) is 0 Å². The third-order valence-electron chi connectivity index (χ3n) is 2.19. The standard InChI is InChI=1S/C13H22O4/c1-5-8-12(14)16-10(4)11(7-3)17-13(15)9-6-2/h7,10-11H,3,5-6,8-9H2,1-2,4H3. The summed E-state index contributed by atoms with van der Waals surface area (Å²) in [6.45, 7) is 9.07. The average Bonchev–Trinajstić information content (AvgIpc) is 2.26. The minimum atomic E-state index is -0.574. The molecule has 0 aliphatic carbocycles. The molecule has 0 rings (SSSR count). The number of carbonyl (C=O) groups is 2. The van der Waals surface area contributed by atoms with Crippen molar-refractivity contribution in [1.82, 2.24) is 0 Å². The number of ether oxygens (including phenoxy) is 2. The summed E-state index contributed by atoms with van der Waals surface area (Å²) >= 11 is 0. The van der Waals surface area contributed by atoms with Crippen LogP contribution < -0.4 is 0 Å². The zero-order valence-electron chi connectivity index (χ0n) is 10.9. The first-order chi connectivity index (χ1) is 8.04. The van der Waals surface area contributed by atoms with Crippen LogP contribution in [-0.4, -0.2) is 24.1 Å². The number of esters is 2. The fraction of sp³-hybridized carbons (Fsp3) is 0.692. The Labute approximate surface area is 103 Å². The maximum atomic E-state index is 11.3. The molecular weight excluding hydrogens is 220 g/mol. The smallest absolute Gasteiger partial charge is 0.306 e. The monoisotopic (exact) mass is 242 g/mol. The molecule has 17 heavy (non-hydrogen) atoms. The highest BCUT2D eigenvalue weighted by molar-refractivity contribution is 5.70. The minimum Gasteiger partial charge on any atom is -0.458 e. The van der Waals surface area contributed by atoms with E-state index in [1.54, 1.807) is 6.92 Å². The molecule has 0 aromatic carbocycles. The van der Waals surface area contributed by atoms with Gasteiger partial charge in [0.1, 0.15) is 6.10 Å². The van der Waals surface area contributed by atoms with E-state index in [1.165, 1.54) is 6.08 Å². The molecule has 0 radical (unpaired) electrons. The molecule has 2 unspecified atom stereocenters. The van der Waals surface area contributed by atoms with E-state index in [0.29, 0.717) is 12.8 Å². The van der Waals surface area contributed by atoms with Gasteiger partial charge in [0, 0.05) is 12.8 Å². The maximum absolute atomic E-state index is 11.3. The van der Waals surface area contributed by atoms with E-state index in [4.69, 9.17) is 9.47 Å². The highest BCUT2D eigenvalue weighted by atomic mass is 16.6. The zero-order chi connectivity index (χ0) is 13.3. The van der Waals surface area contributed by atoms with Crippen LogP contribution in [0.4, 0.5) is 0 Å². The Balaban J connectivity index is 4.20. The van der Waals surface area contributed by atoms with Crippen LogP contribution in [0.3, 0.4) is 0 Å². The SMILES string of the molecule is C=CC(OC(=O)CCC)C(C)OC(=O)CCC. The fourth-order valence-corrected chi connectivity index (χ4v) is 1.29. The number of carbonyl (C=O) groups excluding carboxylic acids is 2. The quantitative estimate of drug-likeness (QED) is 0.485. The summed E-state index contributed by atoms with van der Waals surface area (Å²) in [6, 6.07) is 0. The van der Waals surface area contributed by atoms with Crippen molar-refractivity contribution >= 4 is 11.9 Å². The van der Waals surface area contributed by atoms with Crippen molar-refractivity contribution < 1.29 is 19.1 Å². The molecule has 0 aliphatic heterocycles. The summed E-state index contributed by atoms with van der Waals surface area (Å²) in [5, 5.41) is 0. The van der Waals surface area contributed by atoms with E-state index in [0.717, 1.165) is 12.8 Å². The molecule has 2 atom stereocenters. The van der Waals surface area contributed by atoms with Crippen molar-refractivity contribution in [2.75, 3.05) is 0 Å². The Morgan fingerprint density at radius 2 is 1.59 bits per heavy atom. The van der Waals surface area contributed by atoms with Crippen LogP contribution in [0.15, 0.2) is 12.7 Å². The van der Waals surface area contributed by atoms with Gasteiger partial charge in [-0.3, -0.25) is 9.59 Å². The van der Waals surface area contributed by atoms with Crippen molar-refractivity contribution in [3.63, 3.8) is 0 Å². The molecule has 0 saturated carbocycles. The molecule has 0 amide bonds. The maximum Gasteiger partial charge on any atom is 0.306 e. The topological polar surface area (TPSA) is 52.6 Å². The summed E-state index contributed by atoms with van der Waals surface area (Å²) in [5.74, 6) is -0.575. The number of hydrogen-bond donors (Lipinski definition) is 0. The van der Waals surface area contributed by atoms with E-state index >= 15 is 0 Å². The second kappa shape index (κ2) is 8.79. The minimum absolute atomic E-state index is 0.279. The van der Waals surface area contributed by atoms with Crippen molar-refractivity contribution in [2.45, 2.75) is 58.7 Å².